The van der Waals surface area contributed by atoms with E-state index in [1.807, 2.05) is 7.05 Å². The van der Waals surface area contributed by atoms with Crippen molar-refractivity contribution in [1.29, 1.82) is 0 Å². The van der Waals surface area contributed by atoms with Crippen LogP contribution in [0.15, 0.2) is 23.0 Å². The number of aromatic hydroxyl groups is 1. The lowest BCUT2D eigenvalue weighted by atomic mass is 10.2. The fourth-order valence-corrected chi connectivity index (χ4v) is 2.04. The van der Waals surface area contributed by atoms with Gasteiger partial charge in [0.2, 0.25) is 5.28 Å². The van der Waals surface area contributed by atoms with E-state index in [1.165, 1.54) is 16.7 Å². The van der Waals surface area contributed by atoms with Crippen LogP contribution in [0.2, 0.25) is 5.28 Å². The van der Waals surface area contributed by atoms with E-state index in [1.54, 1.807) is 6.07 Å². The van der Waals surface area contributed by atoms with Gasteiger partial charge in [-0.3, -0.25) is 9.36 Å². The number of aromatic nitrogens is 2. The van der Waals surface area contributed by atoms with Gasteiger partial charge in [-0.05, 0) is 49.8 Å². The Kier molecular flexibility index (Phi) is 3.84. The molecule has 0 atom stereocenters. The molecule has 1 heterocycles. The number of nitrogens with zero attached hydrogens (tertiary/aromatic N) is 2. The zero-order chi connectivity index (χ0) is 13.1. The van der Waals surface area contributed by atoms with Crippen LogP contribution in [0.4, 0.5) is 0 Å². The van der Waals surface area contributed by atoms with Crippen LogP contribution < -0.4 is 10.9 Å². The molecular weight excluding hydrogens is 254 g/mol. The van der Waals surface area contributed by atoms with Crippen LogP contribution >= 0.6 is 11.6 Å². The molecule has 96 valence electrons. The highest BCUT2D eigenvalue weighted by molar-refractivity contribution is 6.28. The molecule has 0 spiro atoms. The highest BCUT2D eigenvalue weighted by Gasteiger charge is 2.09. The van der Waals surface area contributed by atoms with Crippen molar-refractivity contribution in [3.63, 3.8) is 0 Å². The number of rotatable bonds is 4. The molecule has 2 rings (SSSR count). The summed E-state index contributed by atoms with van der Waals surface area (Å²) in [5, 5.41) is 13.0. The summed E-state index contributed by atoms with van der Waals surface area (Å²) >= 11 is 6.00. The van der Waals surface area contributed by atoms with E-state index >= 15 is 0 Å². The topological polar surface area (TPSA) is 67.2 Å². The molecule has 0 unspecified atom stereocenters. The molecule has 0 radical (unpaired) electrons. The maximum Gasteiger partial charge on any atom is 0.262 e. The van der Waals surface area contributed by atoms with Crippen molar-refractivity contribution in [2.75, 3.05) is 13.6 Å². The van der Waals surface area contributed by atoms with Crippen molar-refractivity contribution in [1.82, 2.24) is 14.9 Å². The van der Waals surface area contributed by atoms with Crippen molar-refractivity contribution in [3.05, 3.63) is 33.8 Å². The molecule has 0 saturated heterocycles. The van der Waals surface area contributed by atoms with Gasteiger partial charge in [0.1, 0.15) is 5.75 Å². The molecule has 5 nitrogen and oxygen atoms in total. The highest BCUT2D eigenvalue weighted by Crippen LogP contribution is 2.17. The maximum absolute atomic E-state index is 12.2. The molecule has 0 aliphatic heterocycles. The standard InChI is InChI=1S/C12H14ClN3O2/c1-14-5-2-6-16-11(18)9-7-8(17)3-4-10(9)15-12(16)13/h3-4,7,14,17H,2,5-6H2,1H3. The van der Waals surface area contributed by atoms with Crippen LogP contribution in [0.3, 0.4) is 0 Å². The highest BCUT2D eigenvalue weighted by atomic mass is 35.5. The first-order valence-corrected chi connectivity index (χ1v) is 6.05. The number of hydrogen-bond acceptors (Lipinski definition) is 4. The molecule has 0 amide bonds. The summed E-state index contributed by atoms with van der Waals surface area (Å²) in [5.41, 5.74) is 0.268. The van der Waals surface area contributed by atoms with Crippen molar-refractivity contribution in [2.45, 2.75) is 13.0 Å². The minimum Gasteiger partial charge on any atom is -0.508 e. The Morgan fingerprint density at radius 3 is 3.00 bits per heavy atom. The molecule has 0 aliphatic rings. The summed E-state index contributed by atoms with van der Waals surface area (Å²) in [6.07, 6.45) is 0.780. The maximum atomic E-state index is 12.2. The monoisotopic (exact) mass is 267 g/mol. The summed E-state index contributed by atoms with van der Waals surface area (Å²) in [5.74, 6) is 0.0468. The first-order valence-electron chi connectivity index (χ1n) is 5.67. The third kappa shape index (κ3) is 2.47. The van der Waals surface area contributed by atoms with Gasteiger partial charge in [-0.15, -0.1) is 0 Å². The average Bonchev–Trinajstić information content (AvgIpc) is 2.35. The zero-order valence-electron chi connectivity index (χ0n) is 9.98. The number of benzene rings is 1. The van der Waals surface area contributed by atoms with Crippen LogP contribution in [-0.4, -0.2) is 28.3 Å². The molecule has 0 fully saturated rings. The third-order valence-corrected chi connectivity index (χ3v) is 2.99. The predicted octanol–water partition coefficient (Wildman–Crippen LogP) is 1.36. The van der Waals surface area contributed by atoms with Gasteiger partial charge in [-0.1, -0.05) is 0 Å². The molecule has 2 aromatic rings. The summed E-state index contributed by atoms with van der Waals surface area (Å²) in [6.45, 7) is 1.29. The van der Waals surface area contributed by atoms with Gasteiger partial charge in [-0.25, -0.2) is 4.98 Å². The minimum absolute atomic E-state index is 0.0468. The Bertz CT molecular complexity index is 624. The van der Waals surface area contributed by atoms with E-state index < -0.39 is 0 Å². The van der Waals surface area contributed by atoms with E-state index in [0.717, 1.165) is 13.0 Å². The van der Waals surface area contributed by atoms with Crippen molar-refractivity contribution in [2.24, 2.45) is 0 Å². The van der Waals surface area contributed by atoms with E-state index in [0.29, 0.717) is 17.4 Å². The first kappa shape index (κ1) is 12.9. The SMILES string of the molecule is CNCCCn1c(Cl)nc2ccc(O)cc2c1=O. The Morgan fingerprint density at radius 2 is 2.28 bits per heavy atom. The quantitative estimate of drug-likeness (QED) is 0.648. The van der Waals surface area contributed by atoms with Gasteiger partial charge in [-0.2, -0.15) is 0 Å². The molecule has 1 aromatic heterocycles. The minimum atomic E-state index is -0.225. The van der Waals surface area contributed by atoms with Gasteiger partial charge in [0.05, 0.1) is 10.9 Å². The van der Waals surface area contributed by atoms with Crippen LogP contribution in [0, 0.1) is 0 Å². The van der Waals surface area contributed by atoms with Gasteiger partial charge >= 0.3 is 0 Å². The van der Waals surface area contributed by atoms with E-state index in [4.69, 9.17) is 11.6 Å². The smallest absolute Gasteiger partial charge is 0.262 e. The number of phenolic OH excluding ortho intramolecular Hbond substituents is 1. The molecule has 18 heavy (non-hydrogen) atoms. The second-order valence-corrected chi connectivity index (χ2v) is 4.33. The largest absolute Gasteiger partial charge is 0.508 e. The molecule has 6 heteroatoms. The van der Waals surface area contributed by atoms with Crippen LogP contribution in [0.1, 0.15) is 6.42 Å². The van der Waals surface area contributed by atoms with Crippen molar-refractivity contribution >= 4 is 22.5 Å². The van der Waals surface area contributed by atoms with Gasteiger partial charge in [0, 0.05) is 6.54 Å². The van der Waals surface area contributed by atoms with Crippen molar-refractivity contribution < 1.29 is 5.11 Å². The van der Waals surface area contributed by atoms with Gasteiger partial charge in [0.25, 0.3) is 5.56 Å². The van der Waals surface area contributed by atoms with Crippen molar-refractivity contribution in [3.8, 4) is 5.75 Å². The van der Waals surface area contributed by atoms with E-state index in [-0.39, 0.29) is 16.6 Å². The Labute approximate surface area is 109 Å². The molecule has 0 saturated carbocycles. The molecule has 1 aromatic carbocycles. The summed E-state index contributed by atoms with van der Waals surface area (Å²) in [4.78, 5) is 16.4. The molecule has 0 aliphatic carbocycles. The Morgan fingerprint density at radius 1 is 1.50 bits per heavy atom. The lowest BCUT2D eigenvalue weighted by Crippen LogP contribution is -2.24. The second-order valence-electron chi connectivity index (χ2n) is 4.00. The lowest BCUT2D eigenvalue weighted by molar-refractivity contribution is 0.476. The summed E-state index contributed by atoms with van der Waals surface area (Å²) in [7, 11) is 1.85. The Hall–Kier alpha value is -1.59. The number of fused-ring (bicyclic) bond motifs is 1. The molecular formula is C12H14ClN3O2. The number of phenols is 1. The first-order chi connectivity index (χ1) is 8.63. The third-order valence-electron chi connectivity index (χ3n) is 2.70. The van der Waals surface area contributed by atoms with E-state index in [2.05, 4.69) is 10.3 Å². The van der Waals surface area contributed by atoms with Crippen LogP contribution in [0.5, 0.6) is 5.75 Å². The Balaban J connectivity index is 2.50. The van der Waals surface area contributed by atoms with Crippen LogP contribution in [0.25, 0.3) is 10.9 Å². The molecule has 0 bridgehead atoms. The second kappa shape index (κ2) is 5.37. The average molecular weight is 268 g/mol. The number of halogens is 1. The summed E-state index contributed by atoms with van der Waals surface area (Å²) < 4.78 is 1.42. The lowest BCUT2D eigenvalue weighted by Gasteiger charge is -2.09. The summed E-state index contributed by atoms with van der Waals surface area (Å²) in [6, 6.07) is 4.47. The normalized spacial score (nSPS) is 11.0. The van der Waals surface area contributed by atoms with Gasteiger partial charge in [0.15, 0.2) is 0 Å². The number of hydrogen-bond donors (Lipinski definition) is 2. The predicted molar refractivity (Wildman–Crippen MR) is 71.2 cm³/mol. The zero-order valence-corrected chi connectivity index (χ0v) is 10.7. The molecule has 2 N–H and O–H groups in total. The van der Waals surface area contributed by atoms with E-state index in [9.17, 15) is 9.90 Å². The fourth-order valence-electron chi connectivity index (χ4n) is 1.79. The fraction of sp³-hybridized carbons (Fsp3) is 0.333. The number of nitrogens with one attached hydrogen (secondary N) is 1. The van der Waals surface area contributed by atoms with Crippen LogP contribution in [-0.2, 0) is 6.54 Å². The van der Waals surface area contributed by atoms with Gasteiger partial charge < -0.3 is 10.4 Å².